The van der Waals surface area contributed by atoms with Crippen LogP contribution in [0.25, 0.3) is 0 Å². The predicted octanol–water partition coefficient (Wildman–Crippen LogP) is 4.66. The van der Waals surface area contributed by atoms with Crippen LogP contribution in [0.1, 0.15) is 37.3 Å². The van der Waals surface area contributed by atoms with Crippen molar-refractivity contribution in [3.63, 3.8) is 0 Å². The summed E-state index contributed by atoms with van der Waals surface area (Å²) in [6.07, 6.45) is 2.91. The molecular weight excluding hydrogens is 234 g/mol. The molecule has 0 bridgehead atoms. The number of phenolic OH excluding ortho intramolecular Hbond substituents is 1. The van der Waals surface area contributed by atoms with Crippen molar-refractivity contribution in [1.82, 2.24) is 0 Å². The molecule has 0 aromatic heterocycles. The molecule has 1 unspecified atom stereocenters. The van der Waals surface area contributed by atoms with Crippen LogP contribution >= 0.6 is 0 Å². The molecular formula is C17H19NO. The van der Waals surface area contributed by atoms with Gasteiger partial charge in [0, 0.05) is 6.21 Å². The number of hydrogen-bond donors (Lipinski definition) is 1. The number of aliphatic imine (C=N–C) groups is 1. The summed E-state index contributed by atoms with van der Waals surface area (Å²) in [4.78, 5) is 4.41. The fourth-order valence-electron chi connectivity index (χ4n) is 1.88. The molecule has 2 rings (SSSR count). The van der Waals surface area contributed by atoms with Crippen molar-refractivity contribution in [1.29, 1.82) is 0 Å². The molecule has 2 heteroatoms. The monoisotopic (exact) mass is 253 g/mol. The van der Waals surface area contributed by atoms with E-state index in [0.717, 1.165) is 17.7 Å². The third-order valence-corrected chi connectivity index (χ3v) is 3.31. The molecule has 2 aromatic rings. The zero-order valence-electron chi connectivity index (χ0n) is 11.4. The molecule has 1 atom stereocenters. The Morgan fingerprint density at radius 1 is 1.16 bits per heavy atom. The van der Waals surface area contributed by atoms with E-state index in [2.05, 4.69) is 31.0 Å². The summed E-state index contributed by atoms with van der Waals surface area (Å²) in [6.45, 7) is 4.42. The Hall–Kier alpha value is -2.09. The van der Waals surface area contributed by atoms with Gasteiger partial charge in [-0.3, -0.25) is 4.99 Å². The van der Waals surface area contributed by atoms with Gasteiger partial charge in [0.05, 0.1) is 5.69 Å². The standard InChI is InChI=1S/C17H19NO/c1-3-13(2)15-7-9-16(10-8-15)18-12-14-5-4-6-17(19)11-14/h4-13,19H,3H2,1-2H3. The van der Waals surface area contributed by atoms with Crippen LogP contribution < -0.4 is 0 Å². The Morgan fingerprint density at radius 3 is 2.53 bits per heavy atom. The van der Waals surface area contributed by atoms with Gasteiger partial charge in [-0.2, -0.15) is 0 Å². The lowest BCUT2D eigenvalue weighted by atomic mass is 9.99. The summed E-state index contributed by atoms with van der Waals surface area (Å²) >= 11 is 0. The molecule has 0 aliphatic heterocycles. The second kappa shape index (κ2) is 6.19. The van der Waals surface area contributed by atoms with Crippen molar-refractivity contribution in [2.24, 2.45) is 4.99 Å². The second-order valence-electron chi connectivity index (χ2n) is 4.75. The van der Waals surface area contributed by atoms with Crippen LogP contribution in [0.4, 0.5) is 5.69 Å². The zero-order chi connectivity index (χ0) is 13.7. The van der Waals surface area contributed by atoms with Crippen molar-refractivity contribution < 1.29 is 5.11 Å². The molecule has 98 valence electrons. The maximum atomic E-state index is 9.37. The van der Waals surface area contributed by atoms with E-state index in [4.69, 9.17) is 0 Å². The number of aromatic hydroxyl groups is 1. The van der Waals surface area contributed by atoms with E-state index in [1.54, 1.807) is 18.3 Å². The number of hydrogen-bond acceptors (Lipinski definition) is 2. The average molecular weight is 253 g/mol. The molecule has 1 N–H and O–H groups in total. The van der Waals surface area contributed by atoms with Gasteiger partial charge in [-0.25, -0.2) is 0 Å². The number of phenols is 1. The second-order valence-corrected chi connectivity index (χ2v) is 4.75. The van der Waals surface area contributed by atoms with Crippen molar-refractivity contribution in [2.45, 2.75) is 26.2 Å². The van der Waals surface area contributed by atoms with Gasteiger partial charge in [0.1, 0.15) is 5.75 Å². The summed E-state index contributed by atoms with van der Waals surface area (Å²) in [5.74, 6) is 0.847. The minimum Gasteiger partial charge on any atom is -0.508 e. The van der Waals surface area contributed by atoms with Crippen molar-refractivity contribution in [3.8, 4) is 5.75 Å². The molecule has 0 heterocycles. The van der Waals surface area contributed by atoms with E-state index in [1.165, 1.54) is 5.56 Å². The Labute approximate surface area is 114 Å². The van der Waals surface area contributed by atoms with Gasteiger partial charge in [0.25, 0.3) is 0 Å². The van der Waals surface area contributed by atoms with E-state index >= 15 is 0 Å². The molecule has 0 aliphatic rings. The number of rotatable bonds is 4. The van der Waals surface area contributed by atoms with Crippen LogP contribution in [0.2, 0.25) is 0 Å². The topological polar surface area (TPSA) is 32.6 Å². The summed E-state index contributed by atoms with van der Waals surface area (Å²) < 4.78 is 0. The first kappa shape index (κ1) is 13.3. The van der Waals surface area contributed by atoms with Gasteiger partial charge in [-0.1, -0.05) is 38.1 Å². The minimum absolute atomic E-state index is 0.260. The highest BCUT2D eigenvalue weighted by atomic mass is 16.3. The lowest BCUT2D eigenvalue weighted by molar-refractivity contribution is 0.475. The molecule has 0 spiro atoms. The number of benzene rings is 2. The Morgan fingerprint density at radius 2 is 1.89 bits per heavy atom. The molecule has 0 aliphatic carbocycles. The van der Waals surface area contributed by atoms with Gasteiger partial charge >= 0.3 is 0 Å². The molecule has 0 amide bonds. The SMILES string of the molecule is CCC(C)c1ccc(N=Cc2cccc(O)c2)cc1. The van der Waals surface area contributed by atoms with E-state index in [1.807, 2.05) is 24.3 Å². The van der Waals surface area contributed by atoms with E-state index in [0.29, 0.717) is 5.92 Å². The molecule has 0 saturated carbocycles. The minimum atomic E-state index is 0.260. The quantitative estimate of drug-likeness (QED) is 0.790. The maximum Gasteiger partial charge on any atom is 0.116 e. The van der Waals surface area contributed by atoms with Crippen LogP contribution in [0, 0.1) is 0 Å². The van der Waals surface area contributed by atoms with Crippen LogP contribution in [0.15, 0.2) is 53.5 Å². The largest absolute Gasteiger partial charge is 0.508 e. The summed E-state index contributed by atoms with van der Waals surface area (Å²) in [5.41, 5.74) is 3.17. The summed E-state index contributed by atoms with van der Waals surface area (Å²) in [5, 5.41) is 9.37. The smallest absolute Gasteiger partial charge is 0.116 e. The zero-order valence-corrected chi connectivity index (χ0v) is 11.4. The van der Waals surface area contributed by atoms with Crippen LogP contribution in [0.3, 0.4) is 0 Å². The van der Waals surface area contributed by atoms with Crippen molar-refractivity contribution in [3.05, 3.63) is 59.7 Å². The third kappa shape index (κ3) is 3.68. The van der Waals surface area contributed by atoms with E-state index in [-0.39, 0.29) is 5.75 Å². The van der Waals surface area contributed by atoms with Crippen molar-refractivity contribution in [2.75, 3.05) is 0 Å². The van der Waals surface area contributed by atoms with E-state index in [9.17, 15) is 5.11 Å². The lowest BCUT2D eigenvalue weighted by Crippen LogP contribution is -1.89. The first-order valence-corrected chi connectivity index (χ1v) is 6.62. The first-order valence-electron chi connectivity index (χ1n) is 6.62. The summed E-state index contributed by atoms with van der Waals surface area (Å²) in [6, 6.07) is 15.4. The molecule has 0 saturated heterocycles. The van der Waals surface area contributed by atoms with Crippen LogP contribution in [-0.4, -0.2) is 11.3 Å². The molecule has 2 nitrogen and oxygen atoms in total. The average Bonchev–Trinajstić information content (AvgIpc) is 2.45. The Balaban J connectivity index is 2.11. The van der Waals surface area contributed by atoms with Gasteiger partial charge in [0.15, 0.2) is 0 Å². The third-order valence-electron chi connectivity index (χ3n) is 3.31. The van der Waals surface area contributed by atoms with Crippen LogP contribution in [-0.2, 0) is 0 Å². The lowest BCUT2D eigenvalue weighted by Gasteiger charge is -2.08. The van der Waals surface area contributed by atoms with Gasteiger partial charge < -0.3 is 5.11 Å². The molecule has 0 fully saturated rings. The highest BCUT2D eigenvalue weighted by molar-refractivity contribution is 5.82. The number of nitrogens with zero attached hydrogens (tertiary/aromatic N) is 1. The normalized spacial score (nSPS) is 12.7. The highest BCUT2D eigenvalue weighted by Crippen LogP contribution is 2.21. The first-order chi connectivity index (χ1) is 9.19. The molecule has 19 heavy (non-hydrogen) atoms. The Kier molecular flexibility index (Phi) is 4.35. The van der Waals surface area contributed by atoms with E-state index < -0.39 is 0 Å². The maximum absolute atomic E-state index is 9.37. The highest BCUT2D eigenvalue weighted by Gasteiger charge is 2.01. The fourth-order valence-corrected chi connectivity index (χ4v) is 1.88. The van der Waals surface area contributed by atoms with Gasteiger partial charge in [-0.05, 0) is 47.7 Å². The van der Waals surface area contributed by atoms with Crippen molar-refractivity contribution >= 4 is 11.9 Å². The van der Waals surface area contributed by atoms with Gasteiger partial charge in [-0.15, -0.1) is 0 Å². The van der Waals surface area contributed by atoms with Gasteiger partial charge in [0.2, 0.25) is 0 Å². The predicted molar refractivity (Wildman–Crippen MR) is 80.5 cm³/mol. The van der Waals surface area contributed by atoms with Crippen LogP contribution in [0.5, 0.6) is 5.75 Å². The molecule has 2 aromatic carbocycles. The Bertz CT molecular complexity index is 558. The molecule has 0 radical (unpaired) electrons. The fraction of sp³-hybridized carbons (Fsp3) is 0.235. The summed E-state index contributed by atoms with van der Waals surface area (Å²) in [7, 11) is 0.